The van der Waals surface area contributed by atoms with Gasteiger partial charge in [0.15, 0.2) is 5.16 Å². The fourth-order valence-electron chi connectivity index (χ4n) is 3.05. The van der Waals surface area contributed by atoms with E-state index in [1.165, 1.54) is 28.6 Å². The first kappa shape index (κ1) is 17.5. The molecule has 1 aliphatic carbocycles. The highest BCUT2D eigenvalue weighted by Crippen LogP contribution is 2.34. The Morgan fingerprint density at radius 2 is 2.12 bits per heavy atom. The molecule has 2 heterocycles. The van der Waals surface area contributed by atoms with E-state index < -0.39 is 0 Å². The maximum atomic E-state index is 12.9. The molecule has 130 valence electrons. The summed E-state index contributed by atoms with van der Waals surface area (Å²) in [6.07, 6.45) is 5.31. The summed E-state index contributed by atoms with van der Waals surface area (Å²) >= 11 is 3.01. The van der Waals surface area contributed by atoms with E-state index in [-0.39, 0.29) is 11.5 Å². The van der Waals surface area contributed by atoms with Crippen LogP contribution in [0.1, 0.15) is 43.6 Å². The van der Waals surface area contributed by atoms with E-state index in [2.05, 4.69) is 5.32 Å². The van der Waals surface area contributed by atoms with E-state index in [4.69, 9.17) is 4.98 Å². The third-order valence-electron chi connectivity index (χ3n) is 4.26. The van der Waals surface area contributed by atoms with E-state index in [1.807, 2.05) is 13.8 Å². The van der Waals surface area contributed by atoms with Gasteiger partial charge in [0.25, 0.3) is 5.56 Å². The van der Waals surface area contributed by atoms with Crippen LogP contribution in [0.3, 0.4) is 0 Å². The lowest BCUT2D eigenvalue weighted by molar-refractivity contribution is -0.118. The highest BCUT2D eigenvalue weighted by molar-refractivity contribution is 7.99. The number of thioether (sulfide) groups is 1. The number of carbonyl (C=O) groups is 1. The van der Waals surface area contributed by atoms with Crippen LogP contribution in [-0.4, -0.2) is 27.8 Å². The molecule has 0 atom stereocenters. The van der Waals surface area contributed by atoms with Crippen LogP contribution >= 0.6 is 23.1 Å². The molecule has 5 nitrogen and oxygen atoms in total. The maximum Gasteiger partial charge on any atom is 0.263 e. The zero-order valence-corrected chi connectivity index (χ0v) is 15.8. The van der Waals surface area contributed by atoms with Gasteiger partial charge in [-0.25, -0.2) is 4.98 Å². The van der Waals surface area contributed by atoms with Gasteiger partial charge in [-0.05, 0) is 44.6 Å². The summed E-state index contributed by atoms with van der Waals surface area (Å²) in [5.74, 6) is 0.285. The molecule has 0 saturated carbocycles. The van der Waals surface area contributed by atoms with Gasteiger partial charge in [-0.3, -0.25) is 14.2 Å². The van der Waals surface area contributed by atoms with E-state index in [0.29, 0.717) is 24.0 Å². The van der Waals surface area contributed by atoms with Crippen molar-refractivity contribution < 1.29 is 4.79 Å². The molecule has 2 aromatic rings. The van der Waals surface area contributed by atoms with Crippen LogP contribution in [0.25, 0.3) is 10.2 Å². The average Bonchev–Trinajstić information content (AvgIpc) is 2.96. The van der Waals surface area contributed by atoms with E-state index in [0.717, 1.165) is 35.9 Å². The Labute approximate surface area is 149 Å². The number of aromatic nitrogens is 2. The zero-order valence-electron chi connectivity index (χ0n) is 14.2. The molecule has 0 aromatic carbocycles. The molecular weight excluding hydrogens is 342 g/mol. The van der Waals surface area contributed by atoms with E-state index >= 15 is 0 Å². The third kappa shape index (κ3) is 3.37. The minimum atomic E-state index is -0.00989. The molecule has 0 radical (unpaired) electrons. The summed E-state index contributed by atoms with van der Waals surface area (Å²) in [6.45, 7) is 5.24. The SMILES string of the molecule is CCCNC(=O)CSc1nc2sc3c(c2c(=O)n1CC)CCCC3. The topological polar surface area (TPSA) is 64.0 Å². The average molecular weight is 366 g/mol. The van der Waals surface area contributed by atoms with Gasteiger partial charge in [0.1, 0.15) is 4.83 Å². The lowest BCUT2D eigenvalue weighted by Crippen LogP contribution is -2.27. The molecule has 1 amide bonds. The van der Waals surface area contributed by atoms with Crippen LogP contribution in [0.15, 0.2) is 9.95 Å². The van der Waals surface area contributed by atoms with E-state index in [9.17, 15) is 9.59 Å². The number of nitrogens with one attached hydrogen (secondary N) is 1. The molecule has 1 N–H and O–H groups in total. The number of aryl methyl sites for hydroxylation is 2. The van der Waals surface area contributed by atoms with Gasteiger partial charge in [-0.2, -0.15) is 0 Å². The Bertz CT molecular complexity index is 810. The monoisotopic (exact) mass is 365 g/mol. The van der Waals surface area contributed by atoms with Gasteiger partial charge in [0.05, 0.1) is 11.1 Å². The maximum absolute atomic E-state index is 12.9. The molecule has 0 aliphatic heterocycles. The Hall–Kier alpha value is -1.34. The normalized spacial score (nSPS) is 13.9. The second kappa shape index (κ2) is 7.70. The molecule has 0 bridgehead atoms. The number of amides is 1. The van der Waals surface area contributed by atoms with Crippen LogP contribution in [0.2, 0.25) is 0 Å². The number of thiophene rings is 1. The molecule has 0 unspecified atom stereocenters. The van der Waals surface area contributed by atoms with Crippen molar-refractivity contribution in [1.82, 2.24) is 14.9 Å². The Morgan fingerprint density at radius 1 is 1.33 bits per heavy atom. The van der Waals surface area contributed by atoms with Crippen molar-refractivity contribution >= 4 is 39.2 Å². The van der Waals surface area contributed by atoms with Crippen LogP contribution in [-0.2, 0) is 24.2 Å². The second-order valence-corrected chi connectivity index (χ2v) is 8.00. The van der Waals surface area contributed by atoms with Gasteiger partial charge in [0.2, 0.25) is 5.91 Å². The van der Waals surface area contributed by atoms with Crippen molar-refractivity contribution in [3.05, 3.63) is 20.8 Å². The number of hydrogen-bond donors (Lipinski definition) is 1. The standard InChI is InChI=1S/C17H23N3O2S2/c1-3-9-18-13(21)10-23-17-19-15-14(16(22)20(17)4-2)11-7-5-6-8-12(11)24-15/h3-10H2,1-2H3,(H,18,21). The quantitative estimate of drug-likeness (QED) is 0.631. The number of fused-ring (bicyclic) bond motifs is 3. The van der Waals surface area contributed by atoms with Crippen LogP contribution in [0.4, 0.5) is 0 Å². The highest BCUT2D eigenvalue weighted by Gasteiger charge is 2.22. The van der Waals surface area contributed by atoms with Gasteiger partial charge < -0.3 is 5.32 Å². The number of carbonyl (C=O) groups excluding carboxylic acids is 1. The van der Waals surface area contributed by atoms with Gasteiger partial charge >= 0.3 is 0 Å². The smallest absolute Gasteiger partial charge is 0.263 e. The number of rotatable bonds is 6. The fourth-order valence-corrected chi connectivity index (χ4v) is 5.25. The fraction of sp³-hybridized carbons (Fsp3) is 0.588. The van der Waals surface area contributed by atoms with Crippen molar-refractivity contribution in [2.75, 3.05) is 12.3 Å². The van der Waals surface area contributed by atoms with E-state index in [1.54, 1.807) is 15.9 Å². The van der Waals surface area contributed by atoms with Crippen molar-refractivity contribution in [2.45, 2.75) is 57.7 Å². The number of nitrogens with zero attached hydrogens (tertiary/aromatic N) is 2. The highest BCUT2D eigenvalue weighted by atomic mass is 32.2. The van der Waals surface area contributed by atoms with Crippen molar-refractivity contribution in [3.8, 4) is 0 Å². The summed E-state index contributed by atoms with van der Waals surface area (Å²) in [5.41, 5.74) is 1.27. The molecule has 0 saturated heterocycles. The Morgan fingerprint density at radius 3 is 2.88 bits per heavy atom. The first-order valence-corrected chi connectivity index (χ1v) is 10.4. The Kier molecular flexibility index (Phi) is 5.61. The minimum Gasteiger partial charge on any atom is -0.355 e. The predicted molar refractivity (Wildman–Crippen MR) is 100 cm³/mol. The Balaban J connectivity index is 1.93. The lowest BCUT2D eigenvalue weighted by Gasteiger charge is -2.12. The predicted octanol–water partition coefficient (Wildman–Crippen LogP) is 2.98. The molecular formula is C17H23N3O2S2. The molecule has 7 heteroatoms. The van der Waals surface area contributed by atoms with Gasteiger partial charge in [0, 0.05) is 18.0 Å². The van der Waals surface area contributed by atoms with Crippen molar-refractivity contribution in [1.29, 1.82) is 0 Å². The molecule has 0 fully saturated rings. The minimum absolute atomic E-state index is 0.00989. The molecule has 24 heavy (non-hydrogen) atoms. The van der Waals surface area contributed by atoms with Gasteiger partial charge in [-0.1, -0.05) is 18.7 Å². The zero-order chi connectivity index (χ0) is 17.1. The first-order valence-electron chi connectivity index (χ1n) is 8.60. The summed E-state index contributed by atoms with van der Waals surface area (Å²) in [7, 11) is 0. The van der Waals surface area contributed by atoms with Crippen LogP contribution < -0.4 is 10.9 Å². The first-order chi connectivity index (χ1) is 11.7. The van der Waals surface area contributed by atoms with Crippen LogP contribution in [0, 0.1) is 0 Å². The lowest BCUT2D eigenvalue weighted by atomic mass is 9.97. The van der Waals surface area contributed by atoms with Crippen molar-refractivity contribution in [2.24, 2.45) is 0 Å². The molecule has 3 rings (SSSR count). The van der Waals surface area contributed by atoms with Gasteiger partial charge in [-0.15, -0.1) is 11.3 Å². The largest absolute Gasteiger partial charge is 0.355 e. The second-order valence-electron chi connectivity index (χ2n) is 5.97. The molecule has 0 spiro atoms. The third-order valence-corrected chi connectivity index (χ3v) is 6.42. The molecule has 2 aromatic heterocycles. The van der Waals surface area contributed by atoms with Crippen LogP contribution in [0.5, 0.6) is 0 Å². The summed E-state index contributed by atoms with van der Waals surface area (Å²) in [4.78, 5) is 31.7. The summed E-state index contributed by atoms with van der Waals surface area (Å²) in [5, 5.41) is 4.33. The number of hydrogen-bond acceptors (Lipinski definition) is 5. The van der Waals surface area contributed by atoms with Crippen molar-refractivity contribution in [3.63, 3.8) is 0 Å². The summed E-state index contributed by atoms with van der Waals surface area (Å²) in [6, 6.07) is 0. The molecule has 1 aliphatic rings. The summed E-state index contributed by atoms with van der Waals surface area (Å²) < 4.78 is 1.71.